The molecule has 4 heteroatoms. The maximum atomic E-state index is 11.2. The van der Waals surface area contributed by atoms with E-state index in [9.17, 15) is 8.42 Å². The third-order valence-electron chi connectivity index (χ3n) is 3.77. The fourth-order valence-electron chi connectivity index (χ4n) is 2.59. The highest BCUT2D eigenvalue weighted by Gasteiger charge is 2.10. The standard InChI is InChI=1S/C17H23NO2S/c1-18-17(8-5-11-21(2,19)20)13-14-9-10-15-6-3-4-7-16(15)12-14/h3-4,6-7,9-10,12,17-18H,5,8,11,13H2,1-2H3. The van der Waals surface area contributed by atoms with Gasteiger partial charge in [-0.25, -0.2) is 8.42 Å². The molecule has 114 valence electrons. The van der Waals surface area contributed by atoms with Crippen LogP contribution in [-0.4, -0.2) is 33.5 Å². The van der Waals surface area contributed by atoms with Gasteiger partial charge in [-0.1, -0.05) is 42.5 Å². The molecule has 0 aliphatic carbocycles. The van der Waals surface area contributed by atoms with Gasteiger partial charge in [-0.05, 0) is 42.6 Å². The summed E-state index contributed by atoms with van der Waals surface area (Å²) in [7, 11) is -0.921. The summed E-state index contributed by atoms with van der Waals surface area (Å²) in [5, 5.41) is 5.79. The lowest BCUT2D eigenvalue weighted by Gasteiger charge is -2.16. The monoisotopic (exact) mass is 305 g/mol. The fraction of sp³-hybridized carbons (Fsp3) is 0.412. The highest BCUT2D eigenvalue weighted by Crippen LogP contribution is 2.17. The first-order valence-electron chi connectivity index (χ1n) is 7.30. The van der Waals surface area contributed by atoms with Crippen LogP contribution < -0.4 is 5.32 Å². The molecule has 0 saturated heterocycles. The van der Waals surface area contributed by atoms with E-state index in [1.807, 2.05) is 19.2 Å². The summed E-state index contributed by atoms with van der Waals surface area (Å²) in [5.41, 5.74) is 1.28. The lowest BCUT2D eigenvalue weighted by atomic mass is 9.99. The van der Waals surface area contributed by atoms with E-state index in [0.29, 0.717) is 12.5 Å². The molecule has 0 bridgehead atoms. The minimum Gasteiger partial charge on any atom is -0.317 e. The fourth-order valence-corrected chi connectivity index (χ4v) is 3.28. The highest BCUT2D eigenvalue weighted by molar-refractivity contribution is 7.90. The summed E-state index contributed by atoms with van der Waals surface area (Å²) >= 11 is 0. The smallest absolute Gasteiger partial charge is 0.147 e. The zero-order valence-electron chi connectivity index (χ0n) is 12.7. The second kappa shape index (κ2) is 7.05. The minimum absolute atomic E-state index is 0.267. The van der Waals surface area contributed by atoms with Gasteiger partial charge in [-0.3, -0.25) is 0 Å². The number of sulfone groups is 1. The molecule has 0 aromatic heterocycles. The van der Waals surface area contributed by atoms with Crippen molar-refractivity contribution in [2.24, 2.45) is 0 Å². The molecule has 1 atom stereocenters. The Kier molecular flexibility index (Phi) is 5.37. The van der Waals surface area contributed by atoms with Crippen molar-refractivity contribution in [2.45, 2.75) is 25.3 Å². The summed E-state index contributed by atoms with van der Waals surface area (Å²) in [6.07, 6.45) is 3.80. The van der Waals surface area contributed by atoms with E-state index in [0.717, 1.165) is 12.8 Å². The van der Waals surface area contributed by atoms with Gasteiger partial charge in [0.25, 0.3) is 0 Å². The van der Waals surface area contributed by atoms with E-state index in [4.69, 9.17) is 0 Å². The van der Waals surface area contributed by atoms with E-state index in [-0.39, 0.29) is 5.75 Å². The van der Waals surface area contributed by atoms with E-state index >= 15 is 0 Å². The number of fused-ring (bicyclic) bond motifs is 1. The molecule has 0 radical (unpaired) electrons. The molecule has 0 saturated carbocycles. The largest absolute Gasteiger partial charge is 0.317 e. The van der Waals surface area contributed by atoms with Crippen LogP contribution in [0.5, 0.6) is 0 Å². The number of rotatable bonds is 7. The molecule has 21 heavy (non-hydrogen) atoms. The summed E-state index contributed by atoms with van der Waals surface area (Å²) in [5.74, 6) is 0.267. The first kappa shape index (κ1) is 16.0. The molecule has 0 heterocycles. The second-order valence-corrected chi connectivity index (χ2v) is 7.90. The predicted octanol–water partition coefficient (Wildman–Crippen LogP) is 2.80. The van der Waals surface area contributed by atoms with Crippen molar-refractivity contribution < 1.29 is 8.42 Å². The molecule has 1 unspecified atom stereocenters. The van der Waals surface area contributed by atoms with Crippen LogP contribution in [0.25, 0.3) is 10.8 Å². The third kappa shape index (κ3) is 5.14. The van der Waals surface area contributed by atoms with Gasteiger partial charge in [0.1, 0.15) is 9.84 Å². The molecule has 0 fully saturated rings. The van der Waals surface area contributed by atoms with Crippen molar-refractivity contribution >= 4 is 20.6 Å². The van der Waals surface area contributed by atoms with Gasteiger partial charge >= 0.3 is 0 Å². The Hall–Kier alpha value is -1.39. The first-order chi connectivity index (χ1) is 9.98. The Morgan fingerprint density at radius 3 is 2.48 bits per heavy atom. The van der Waals surface area contributed by atoms with Gasteiger partial charge in [0.2, 0.25) is 0 Å². The molecule has 3 nitrogen and oxygen atoms in total. The Morgan fingerprint density at radius 1 is 1.10 bits per heavy atom. The van der Waals surface area contributed by atoms with Crippen molar-refractivity contribution in [2.75, 3.05) is 19.1 Å². The van der Waals surface area contributed by atoms with Crippen molar-refractivity contribution in [1.29, 1.82) is 0 Å². The Balaban J connectivity index is 1.99. The van der Waals surface area contributed by atoms with Gasteiger partial charge in [0.05, 0.1) is 0 Å². The van der Waals surface area contributed by atoms with Crippen molar-refractivity contribution in [3.63, 3.8) is 0 Å². The molecule has 0 amide bonds. The predicted molar refractivity (Wildman–Crippen MR) is 89.4 cm³/mol. The first-order valence-corrected chi connectivity index (χ1v) is 9.36. The molecule has 0 spiro atoms. The number of hydrogen-bond acceptors (Lipinski definition) is 3. The molecular formula is C17H23NO2S. The van der Waals surface area contributed by atoms with Crippen molar-refractivity contribution in [3.05, 3.63) is 48.0 Å². The molecule has 2 aromatic rings. The summed E-state index contributed by atoms with van der Waals surface area (Å²) in [6.45, 7) is 0. The van der Waals surface area contributed by atoms with Gasteiger partial charge in [0.15, 0.2) is 0 Å². The summed E-state index contributed by atoms with van der Waals surface area (Å²) in [4.78, 5) is 0. The number of hydrogen-bond donors (Lipinski definition) is 1. The minimum atomic E-state index is -2.86. The Bertz CT molecular complexity index is 695. The topological polar surface area (TPSA) is 46.2 Å². The van der Waals surface area contributed by atoms with Crippen LogP contribution in [0, 0.1) is 0 Å². The number of likely N-dealkylation sites (N-methyl/N-ethyl adjacent to an activating group) is 1. The summed E-state index contributed by atoms with van der Waals surface area (Å²) in [6, 6.07) is 15.2. The van der Waals surface area contributed by atoms with Gasteiger partial charge in [-0.2, -0.15) is 0 Å². The summed E-state index contributed by atoms with van der Waals surface area (Å²) < 4.78 is 22.4. The molecule has 0 aliphatic rings. The van der Waals surface area contributed by atoms with Crippen LogP contribution in [0.3, 0.4) is 0 Å². The second-order valence-electron chi connectivity index (χ2n) is 5.64. The van der Waals surface area contributed by atoms with Crippen molar-refractivity contribution in [1.82, 2.24) is 5.32 Å². The van der Waals surface area contributed by atoms with Crippen LogP contribution in [0.1, 0.15) is 18.4 Å². The average molecular weight is 305 g/mol. The quantitative estimate of drug-likeness (QED) is 0.855. The average Bonchev–Trinajstić information content (AvgIpc) is 2.45. The van der Waals surface area contributed by atoms with Crippen LogP contribution in [0.15, 0.2) is 42.5 Å². The van der Waals surface area contributed by atoms with Crippen LogP contribution in [0.4, 0.5) is 0 Å². The van der Waals surface area contributed by atoms with Crippen molar-refractivity contribution in [3.8, 4) is 0 Å². The highest BCUT2D eigenvalue weighted by atomic mass is 32.2. The lowest BCUT2D eigenvalue weighted by molar-refractivity contribution is 0.511. The maximum absolute atomic E-state index is 11.2. The number of benzene rings is 2. The van der Waals surface area contributed by atoms with Gasteiger partial charge in [-0.15, -0.1) is 0 Å². The zero-order chi connectivity index (χ0) is 15.3. The van der Waals surface area contributed by atoms with Crippen LogP contribution >= 0.6 is 0 Å². The molecule has 2 rings (SSSR count). The van der Waals surface area contributed by atoms with E-state index < -0.39 is 9.84 Å². The number of nitrogens with one attached hydrogen (secondary N) is 1. The Labute approximate surface area is 127 Å². The SMILES string of the molecule is CNC(CCCS(C)(=O)=O)Cc1ccc2ccccc2c1. The zero-order valence-corrected chi connectivity index (χ0v) is 13.5. The van der Waals surface area contributed by atoms with E-state index in [1.54, 1.807) is 0 Å². The normalized spacial score (nSPS) is 13.4. The van der Waals surface area contributed by atoms with Gasteiger partial charge < -0.3 is 5.32 Å². The van der Waals surface area contributed by atoms with Crippen LogP contribution in [0.2, 0.25) is 0 Å². The van der Waals surface area contributed by atoms with Gasteiger partial charge in [0, 0.05) is 18.1 Å². The third-order valence-corrected chi connectivity index (χ3v) is 4.80. The Morgan fingerprint density at radius 2 is 1.81 bits per heavy atom. The molecule has 0 aliphatic heterocycles. The van der Waals surface area contributed by atoms with Crippen LogP contribution in [-0.2, 0) is 16.3 Å². The molecule has 1 N–H and O–H groups in total. The maximum Gasteiger partial charge on any atom is 0.147 e. The molecule has 2 aromatic carbocycles. The van der Waals surface area contributed by atoms with E-state index in [1.165, 1.54) is 22.6 Å². The molecular weight excluding hydrogens is 282 g/mol. The lowest BCUT2D eigenvalue weighted by Crippen LogP contribution is -2.28. The van der Waals surface area contributed by atoms with E-state index in [2.05, 4.69) is 35.6 Å².